The number of rotatable bonds is 2. The second-order valence-corrected chi connectivity index (χ2v) is 2.05. The number of halogens is 1. The van der Waals surface area contributed by atoms with Gasteiger partial charge in [0.25, 0.3) is 0 Å². The fourth-order valence-corrected chi connectivity index (χ4v) is 0.828. The molecule has 0 atom stereocenters. The molecule has 0 aliphatic carbocycles. The van der Waals surface area contributed by atoms with Gasteiger partial charge >= 0.3 is 0 Å². The SMILES string of the molecule is COC1=C(Cl)N(OC)NN=C1. The van der Waals surface area contributed by atoms with Crippen LogP contribution in [0, 0.1) is 0 Å². The molecule has 1 N–H and O–H groups in total. The zero-order valence-corrected chi connectivity index (χ0v) is 6.92. The Hall–Kier alpha value is -0.940. The molecule has 1 heterocycles. The number of hydrazone groups is 1. The molecule has 0 aromatic heterocycles. The quantitative estimate of drug-likeness (QED) is 0.621. The summed E-state index contributed by atoms with van der Waals surface area (Å²) in [5, 5.41) is 5.18. The minimum atomic E-state index is 0.310. The van der Waals surface area contributed by atoms with E-state index in [0.29, 0.717) is 10.9 Å². The van der Waals surface area contributed by atoms with Gasteiger partial charge in [-0.3, -0.25) is 4.84 Å². The lowest BCUT2D eigenvalue weighted by Gasteiger charge is -2.22. The Morgan fingerprint density at radius 3 is 2.91 bits per heavy atom. The number of nitrogens with zero attached hydrogens (tertiary/aromatic N) is 2. The number of hydrogen-bond donors (Lipinski definition) is 1. The fraction of sp³-hybridized carbons (Fsp3) is 0.400. The van der Waals surface area contributed by atoms with E-state index in [-0.39, 0.29) is 0 Å². The van der Waals surface area contributed by atoms with Crippen molar-refractivity contribution in [3.8, 4) is 0 Å². The van der Waals surface area contributed by atoms with Crippen LogP contribution in [0.2, 0.25) is 0 Å². The van der Waals surface area contributed by atoms with E-state index >= 15 is 0 Å². The van der Waals surface area contributed by atoms with Gasteiger partial charge in [0.05, 0.1) is 20.4 Å². The van der Waals surface area contributed by atoms with Gasteiger partial charge in [-0.2, -0.15) is 10.6 Å². The molecule has 0 amide bonds. The van der Waals surface area contributed by atoms with E-state index < -0.39 is 0 Å². The van der Waals surface area contributed by atoms with E-state index in [2.05, 4.69) is 10.6 Å². The summed E-state index contributed by atoms with van der Waals surface area (Å²) in [6, 6.07) is 0. The van der Waals surface area contributed by atoms with E-state index in [9.17, 15) is 0 Å². The van der Waals surface area contributed by atoms with Crippen molar-refractivity contribution in [2.45, 2.75) is 0 Å². The molecule has 11 heavy (non-hydrogen) atoms. The zero-order chi connectivity index (χ0) is 8.27. The lowest BCUT2D eigenvalue weighted by atomic mass is 10.5. The normalized spacial score (nSPS) is 16.8. The molecular weight excluding hydrogens is 170 g/mol. The van der Waals surface area contributed by atoms with Crippen LogP contribution in [-0.4, -0.2) is 25.6 Å². The molecule has 0 fully saturated rings. The second kappa shape index (κ2) is 3.45. The minimum Gasteiger partial charge on any atom is -0.492 e. The van der Waals surface area contributed by atoms with Crippen molar-refractivity contribution in [2.75, 3.05) is 14.2 Å². The summed E-state index contributed by atoms with van der Waals surface area (Å²) in [6.45, 7) is 0. The summed E-state index contributed by atoms with van der Waals surface area (Å²) in [4.78, 5) is 4.77. The lowest BCUT2D eigenvalue weighted by molar-refractivity contribution is -0.137. The van der Waals surface area contributed by atoms with E-state index in [1.807, 2.05) is 0 Å². The van der Waals surface area contributed by atoms with E-state index in [0.717, 1.165) is 0 Å². The maximum absolute atomic E-state index is 5.75. The van der Waals surface area contributed by atoms with Crippen molar-refractivity contribution in [2.24, 2.45) is 5.10 Å². The van der Waals surface area contributed by atoms with Crippen LogP contribution in [0.4, 0.5) is 0 Å². The Bertz CT molecular complexity index is 204. The monoisotopic (exact) mass is 177 g/mol. The van der Waals surface area contributed by atoms with Gasteiger partial charge in [0.2, 0.25) is 0 Å². The Morgan fingerprint density at radius 1 is 1.64 bits per heavy atom. The van der Waals surface area contributed by atoms with Crippen LogP contribution in [0.15, 0.2) is 16.0 Å². The van der Waals surface area contributed by atoms with E-state index in [1.54, 1.807) is 0 Å². The van der Waals surface area contributed by atoms with Crippen LogP contribution in [-0.2, 0) is 9.57 Å². The number of allylic oxidation sites excluding steroid dienone is 1. The molecular formula is C5H8ClN3O2. The molecule has 1 aliphatic heterocycles. The van der Waals surface area contributed by atoms with Gasteiger partial charge in [0.1, 0.15) is 0 Å². The van der Waals surface area contributed by atoms with Gasteiger partial charge in [-0.1, -0.05) is 11.6 Å². The number of nitrogens with one attached hydrogen (secondary N) is 1. The minimum absolute atomic E-state index is 0.310. The highest BCUT2D eigenvalue weighted by molar-refractivity contribution is 6.30. The van der Waals surface area contributed by atoms with Crippen LogP contribution in [0.3, 0.4) is 0 Å². The number of hydroxylamine groups is 1. The molecule has 0 bridgehead atoms. The smallest absolute Gasteiger partial charge is 0.199 e. The first kappa shape index (κ1) is 8.16. The largest absolute Gasteiger partial charge is 0.492 e. The van der Waals surface area contributed by atoms with Crippen molar-refractivity contribution in [3.05, 3.63) is 10.9 Å². The van der Waals surface area contributed by atoms with Gasteiger partial charge in [-0.05, 0) is 0 Å². The topological polar surface area (TPSA) is 46.1 Å². The molecule has 0 aromatic rings. The van der Waals surface area contributed by atoms with Crippen LogP contribution >= 0.6 is 11.6 Å². The van der Waals surface area contributed by atoms with Crippen molar-refractivity contribution in [1.29, 1.82) is 0 Å². The third kappa shape index (κ3) is 1.55. The number of hydrogen-bond acceptors (Lipinski definition) is 5. The van der Waals surface area contributed by atoms with Crippen LogP contribution in [0.1, 0.15) is 0 Å². The van der Waals surface area contributed by atoms with Gasteiger partial charge < -0.3 is 4.74 Å². The summed E-state index contributed by atoms with van der Waals surface area (Å²) < 4.78 is 4.87. The maximum Gasteiger partial charge on any atom is 0.199 e. The number of ether oxygens (including phenoxy) is 1. The number of hydrazine groups is 1. The predicted octanol–water partition coefficient (Wildman–Crippen LogP) is 0.408. The standard InChI is InChI=1S/C5H8ClN3O2/c1-10-4-3-7-8-9(11-2)5(4)6/h3,8H,1-2H3. The Labute approximate surface area is 69.1 Å². The Morgan fingerprint density at radius 2 is 2.36 bits per heavy atom. The first-order chi connectivity index (χ1) is 5.29. The summed E-state index contributed by atoms with van der Waals surface area (Å²) in [5.41, 5.74) is 2.49. The maximum atomic E-state index is 5.75. The van der Waals surface area contributed by atoms with Crippen molar-refractivity contribution < 1.29 is 9.57 Å². The van der Waals surface area contributed by atoms with Gasteiger partial charge in [-0.15, -0.1) is 5.17 Å². The lowest BCUT2D eigenvalue weighted by Crippen LogP contribution is -2.34. The average Bonchev–Trinajstić information content (AvgIpc) is 2.05. The van der Waals surface area contributed by atoms with Crippen LogP contribution in [0.25, 0.3) is 0 Å². The third-order valence-electron chi connectivity index (χ3n) is 1.11. The molecule has 6 heteroatoms. The zero-order valence-electron chi connectivity index (χ0n) is 6.17. The molecule has 0 radical (unpaired) electrons. The van der Waals surface area contributed by atoms with Gasteiger partial charge in [0, 0.05) is 0 Å². The average molecular weight is 178 g/mol. The summed E-state index contributed by atoms with van der Waals surface area (Å²) in [5.74, 6) is 0.451. The van der Waals surface area contributed by atoms with Crippen LogP contribution < -0.4 is 5.53 Å². The Balaban J connectivity index is 2.78. The first-order valence-electron chi connectivity index (χ1n) is 2.86. The number of methoxy groups -OCH3 is 1. The highest BCUT2D eigenvalue weighted by Crippen LogP contribution is 2.14. The second-order valence-electron chi connectivity index (χ2n) is 1.69. The molecule has 0 saturated heterocycles. The molecule has 0 aromatic carbocycles. The Kier molecular flexibility index (Phi) is 2.56. The third-order valence-corrected chi connectivity index (χ3v) is 1.45. The van der Waals surface area contributed by atoms with Crippen molar-refractivity contribution in [1.82, 2.24) is 10.7 Å². The molecule has 1 aliphatic rings. The summed E-state index contributed by atoms with van der Waals surface area (Å²) >= 11 is 5.75. The molecule has 0 unspecified atom stereocenters. The van der Waals surface area contributed by atoms with Crippen LogP contribution in [0.5, 0.6) is 0 Å². The van der Waals surface area contributed by atoms with Crippen molar-refractivity contribution >= 4 is 17.8 Å². The highest BCUT2D eigenvalue weighted by Gasteiger charge is 2.15. The van der Waals surface area contributed by atoms with E-state index in [1.165, 1.54) is 25.6 Å². The molecule has 5 nitrogen and oxygen atoms in total. The summed E-state index contributed by atoms with van der Waals surface area (Å²) in [7, 11) is 2.96. The molecule has 0 saturated carbocycles. The van der Waals surface area contributed by atoms with Gasteiger partial charge in [0.15, 0.2) is 10.9 Å². The van der Waals surface area contributed by atoms with E-state index in [4.69, 9.17) is 21.2 Å². The molecule has 1 rings (SSSR count). The van der Waals surface area contributed by atoms with Crippen molar-refractivity contribution in [3.63, 3.8) is 0 Å². The predicted molar refractivity (Wildman–Crippen MR) is 40.4 cm³/mol. The molecule has 0 spiro atoms. The summed E-state index contributed by atoms with van der Waals surface area (Å²) in [6.07, 6.45) is 1.46. The highest BCUT2D eigenvalue weighted by atomic mass is 35.5. The van der Waals surface area contributed by atoms with Gasteiger partial charge in [-0.25, -0.2) is 0 Å². The fourth-order valence-electron chi connectivity index (χ4n) is 0.595. The first-order valence-corrected chi connectivity index (χ1v) is 3.24. The molecule has 62 valence electrons.